The molecule has 1 amide bonds. The number of hydrogen-bond donors (Lipinski definition) is 3. The van der Waals surface area contributed by atoms with Gasteiger partial charge < -0.3 is 19.8 Å². The van der Waals surface area contributed by atoms with Crippen LogP contribution in [0.4, 0.5) is 0 Å². The molecule has 1 aromatic carbocycles. The maximum Gasteiger partial charge on any atom is 0.330 e. The van der Waals surface area contributed by atoms with Gasteiger partial charge in [-0.25, -0.2) is 4.79 Å². The number of piperazine rings is 1. The van der Waals surface area contributed by atoms with Crippen molar-refractivity contribution in [3.05, 3.63) is 81.1 Å². The lowest BCUT2D eigenvalue weighted by Gasteiger charge is -2.34. The molecule has 2 aliphatic rings. The molecular weight excluding hydrogens is 428 g/mol. The molecule has 0 bridgehead atoms. The molecule has 33 heavy (non-hydrogen) atoms. The van der Waals surface area contributed by atoms with Gasteiger partial charge in [-0.3, -0.25) is 24.0 Å². The molecule has 2 aromatic rings. The van der Waals surface area contributed by atoms with Crippen molar-refractivity contribution in [2.45, 2.75) is 31.0 Å². The molecule has 0 aliphatic carbocycles. The number of amides is 1. The van der Waals surface area contributed by atoms with Gasteiger partial charge in [-0.1, -0.05) is 30.3 Å². The van der Waals surface area contributed by atoms with E-state index in [1.807, 2.05) is 18.2 Å². The quantitative estimate of drug-likeness (QED) is 0.481. The first kappa shape index (κ1) is 23.1. The Balaban J connectivity index is 1.29. The topological polar surface area (TPSA) is 128 Å². The van der Waals surface area contributed by atoms with Crippen molar-refractivity contribution in [3.8, 4) is 0 Å². The van der Waals surface area contributed by atoms with E-state index in [1.54, 1.807) is 4.90 Å². The van der Waals surface area contributed by atoms with E-state index in [-0.39, 0.29) is 5.91 Å². The van der Waals surface area contributed by atoms with Crippen molar-refractivity contribution in [1.82, 2.24) is 19.4 Å². The minimum Gasteiger partial charge on any atom is -0.387 e. The van der Waals surface area contributed by atoms with Crippen LogP contribution in [0.1, 0.15) is 11.8 Å². The van der Waals surface area contributed by atoms with E-state index in [4.69, 9.17) is 4.74 Å². The average Bonchev–Trinajstić information content (AvgIpc) is 3.10. The van der Waals surface area contributed by atoms with Crippen LogP contribution in [-0.2, 0) is 16.0 Å². The maximum atomic E-state index is 12.6. The van der Waals surface area contributed by atoms with Gasteiger partial charge >= 0.3 is 5.69 Å². The number of nitrogens with one attached hydrogen (secondary N) is 1. The van der Waals surface area contributed by atoms with Gasteiger partial charge in [0.25, 0.3) is 5.56 Å². The highest BCUT2D eigenvalue weighted by molar-refractivity contribution is 5.87. The van der Waals surface area contributed by atoms with E-state index in [1.165, 1.54) is 23.9 Å². The number of rotatable bonds is 6. The predicted molar refractivity (Wildman–Crippen MR) is 120 cm³/mol. The number of carbonyl (C=O) groups is 1. The molecule has 2 fully saturated rings. The summed E-state index contributed by atoms with van der Waals surface area (Å²) in [4.78, 5) is 41.9. The minimum atomic E-state index is -1.40. The Morgan fingerprint density at radius 1 is 1.06 bits per heavy atom. The number of aliphatic hydroxyl groups is 2. The van der Waals surface area contributed by atoms with Gasteiger partial charge in [0.15, 0.2) is 6.23 Å². The SMILES string of the molecule is O=C(/C=C/[C@H]1O[C@@H](n2ccc(=O)[nH]c2=O)[C@H](O)[C@@H]1O)N1CCN(CCc2ccccc2)CC1. The van der Waals surface area contributed by atoms with Crippen molar-refractivity contribution in [3.63, 3.8) is 0 Å². The Hall–Kier alpha value is -3.05. The van der Waals surface area contributed by atoms with Crippen molar-refractivity contribution in [2.24, 2.45) is 0 Å². The van der Waals surface area contributed by atoms with Crippen LogP contribution in [0.15, 0.2) is 64.3 Å². The number of aliphatic hydroxyl groups excluding tert-OH is 2. The molecule has 2 aliphatic heterocycles. The Bertz CT molecular complexity index is 1090. The Morgan fingerprint density at radius 2 is 1.79 bits per heavy atom. The first-order chi connectivity index (χ1) is 15.9. The van der Waals surface area contributed by atoms with Crippen LogP contribution in [-0.4, -0.2) is 86.5 Å². The highest BCUT2D eigenvalue weighted by atomic mass is 16.6. The smallest absolute Gasteiger partial charge is 0.330 e. The fourth-order valence-corrected chi connectivity index (χ4v) is 4.11. The Kier molecular flexibility index (Phi) is 7.19. The summed E-state index contributed by atoms with van der Waals surface area (Å²) in [5, 5.41) is 20.6. The average molecular weight is 456 g/mol. The largest absolute Gasteiger partial charge is 0.387 e. The van der Waals surface area contributed by atoms with Gasteiger partial charge in [-0.2, -0.15) is 0 Å². The number of hydrogen-bond acceptors (Lipinski definition) is 7. The van der Waals surface area contributed by atoms with E-state index in [2.05, 4.69) is 22.0 Å². The molecular formula is C23H28N4O6. The normalized spacial score (nSPS) is 26.2. The summed E-state index contributed by atoms with van der Waals surface area (Å²) < 4.78 is 6.60. The lowest BCUT2D eigenvalue weighted by Crippen LogP contribution is -2.48. The first-order valence-corrected chi connectivity index (χ1v) is 11.0. The highest BCUT2D eigenvalue weighted by Gasteiger charge is 2.43. The molecule has 10 heteroatoms. The fraction of sp³-hybridized carbons (Fsp3) is 0.435. The summed E-state index contributed by atoms with van der Waals surface area (Å²) in [5.41, 5.74) is -0.0465. The summed E-state index contributed by atoms with van der Waals surface area (Å²) >= 11 is 0. The molecule has 3 heterocycles. The summed E-state index contributed by atoms with van der Waals surface area (Å²) in [6, 6.07) is 11.4. The van der Waals surface area contributed by atoms with Crippen molar-refractivity contribution in [1.29, 1.82) is 0 Å². The Labute approximate surface area is 190 Å². The van der Waals surface area contributed by atoms with Crippen molar-refractivity contribution < 1.29 is 19.7 Å². The number of carbonyl (C=O) groups excluding carboxylic acids is 1. The van der Waals surface area contributed by atoms with Gasteiger partial charge in [0.05, 0.1) is 0 Å². The number of aromatic amines is 1. The molecule has 0 unspecified atom stereocenters. The monoisotopic (exact) mass is 456 g/mol. The van der Waals surface area contributed by atoms with Gasteiger partial charge in [0.2, 0.25) is 5.91 Å². The molecule has 0 spiro atoms. The van der Waals surface area contributed by atoms with E-state index < -0.39 is 35.8 Å². The molecule has 4 atom stereocenters. The minimum absolute atomic E-state index is 0.201. The second kappa shape index (κ2) is 10.3. The number of benzene rings is 1. The van der Waals surface area contributed by atoms with E-state index in [0.29, 0.717) is 13.1 Å². The summed E-state index contributed by atoms with van der Waals surface area (Å²) in [5.74, 6) is -0.201. The maximum absolute atomic E-state index is 12.6. The molecule has 0 radical (unpaired) electrons. The van der Waals surface area contributed by atoms with Crippen LogP contribution in [0.5, 0.6) is 0 Å². The van der Waals surface area contributed by atoms with E-state index in [9.17, 15) is 24.6 Å². The number of aromatic nitrogens is 2. The molecule has 4 rings (SSSR count). The third-order valence-corrected chi connectivity index (χ3v) is 6.07. The third-order valence-electron chi connectivity index (χ3n) is 6.07. The highest BCUT2D eigenvalue weighted by Crippen LogP contribution is 2.28. The second-order valence-electron chi connectivity index (χ2n) is 8.25. The van der Waals surface area contributed by atoms with Crippen LogP contribution in [0, 0.1) is 0 Å². The number of ether oxygens (including phenoxy) is 1. The van der Waals surface area contributed by atoms with E-state index in [0.717, 1.165) is 36.7 Å². The van der Waals surface area contributed by atoms with Crippen LogP contribution < -0.4 is 11.2 Å². The van der Waals surface area contributed by atoms with E-state index >= 15 is 0 Å². The summed E-state index contributed by atoms with van der Waals surface area (Å²) in [6.07, 6.45) is 0.0120. The fourth-order valence-electron chi connectivity index (χ4n) is 4.11. The summed E-state index contributed by atoms with van der Waals surface area (Å²) in [7, 11) is 0. The molecule has 176 valence electrons. The van der Waals surface area contributed by atoms with Crippen molar-refractivity contribution >= 4 is 5.91 Å². The standard InChI is InChI=1S/C23H28N4O6/c28-18-9-11-27(23(32)24-18)22-21(31)20(30)17(33-22)6-7-19(29)26-14-12-25(13-15-26)10-8-16-4-2-1-3-5-16/h1-7,9,11,17,20-22,30-31H,8,10,12-15H2,(H,24,28,32)/b7-6+/t17-,20-,21-,22-/m1/s1. The Morgan fingerprint density at radius 3 is 2.48 bits per heavy atom. The number of nitrogens with zero attached hydrogens (tertiary/aromatic N) is 3. The third kappa shape index (κ3) is 5.48. The van der Waals surface area contributed by atoms with Crippen LogP contribution in [0.25, 0.3) is 0 Å². The molecule has 0 saturated carbocycles. The van der Waals surface area contributed by atoms with Crippen LogP contribution in [0.2, 0.25) is 0 Å². The van der Waals surface area contributed by atoms with Crippen LogP contribution in [0.3, 0.4) is 0 Å². The van der Waals surface area contributed by atoms with Gasteiger partial charge in [0.1, 0.15) is 18.3 Å². The number of H-pyrrole nitrogens is 1. The molecule has 1 aromatic heterocycles. The molecule has 3 N–H and O–H groups in total. The van der Waals surface area contributed by atoms with Crippen LogP contribution >= 0.6 is 0 Å². The zero-order valence-electron chi connectivity index (χ0n) is 18.1. The summed E-state index contributed by atoms with van der Waals surface area (Å²) in [6.45, 7) is 3.71. The first-order valence-electron chi connectivity index (χ1n) is 11.0. The zero-order chi connectivity index (χ0) is 23.4. The molecule has 2 saturated heterocycles. The van der Waals surface area contributed by atoms with Gasteiger partial charge in [-0.15, -0.1) is 0 Å². The van der Waals surface area contributed by atoms with Gasteiger partial charge in [0, 0.05) is 51.1 Å². The van der Waals surface area contributed by atoms with Crippen molar-refractivity contribution in [2.75, 3.05) is 32.7 Å². The lowest BCUT2D eigenvalue weighted by molar-refractivity contribution is -0.127. The second-order valence-corrected chi connectivity index (χ2v) is 8.25. The van der Waals surface area contributed by atoms with Gasteiger partial charge in [-0.05, 0) is 18.1 Å². The lowest BCUT2D eigenvalue weighted by atomic mass is 10.1. The zero-order valence-corrected chi connectivity index (χ0v) is 18.1. The predicted octanol–water partition coefficient (Wildman–Crippen LogP) is -0.901. The molecule has 10 nitrogen and oxygen atoms in total.